The molecular weight excluding hydrogens is 373 g/mol. The van der Waals surface area contributed by atoms with Crippen LogP contribution in [0.4, 0.5) is 0 Å². The second-order valence-electron chi connectivity index (χ2n) is 6.12. The van der Waals surface area contributed by atoms with Gasteiger partial charge in [0.25, 0.3) is 0 Å². The first kappa shape index (κ1) is 18.3. The number of benzene rings is 1. The molecule has 25 heavy (non-hydrogen) atoms. The Morgan fingerprint density at radius 3 is 2.44 bits per heavy atom. The highest BCUT2D eigenvalue weighted by Crippen LogP contribution is 2.37. The van der Waals surface area contributed by atoms with E-state index in [0.29, 0.717) is 22.5 Å². The molecule has 0 N–H and O–H groups in total. The number of aryl methyl sites for hydroxylation is 1. The molecule has 3 aromatic rings. The molecule has 0 saturated heterocycles. The van der Waals surface area contributed by atoms with E-state index < -0.39 is 0 Å². The number of pyridine rings is 1. The summed E-state index contributed by atoms with van der Waals surface area (Å²) in [7, 11) is 0. The summed E-state index contributed by atoms with van der Waals surface area (Å²) in [5.74, 6) is 1.30. The van der Waals surface area contributed by atoms with Gasteiger partial charge in [0.15, 0.2) is 0 Å². The van der Waals surface area contributed by atoms with Crippen LogP contribution in [0, 0.1) is 6.92 Å². The zero-order valence-corrected chi connectivity index (χ0v) is 16.7. The van der Waals surface area contributed by atoms with E-state index in [0.717, 1.165) is 27.1 Å². The lowest BCUT2D eigenvalue weighted by atomic mass is 10.1. The van der Waals surface area contributed by atoms with E-state index in [9.17, 15) is 0 Å². The van der Waals surface area contributed by atoms with Gasteiger partial charge in [-0.25, -0.2) is 4.98 Å². The SMILES string of the molecule is Cc1nc(C(C)C)c(Sc2cc(Cl)cc(Cl)c2)n1Cc1ccccn1. The fraction of sp³-hybridized carbons (Fsp3) is 0.263. The number of halogens is 2. The van der Waals surface area contributed by atoms with Crippen LogP contribution in [0.2, 0.25) is 10.0 Å². The van der Waals surface area contributed by atoms with E-state index in [2.05, 4.69) is 23.4 Å². The molecule has 0 aliphatic rings. The molecule has 0 fully saturated rings. The predicted octanol–water partition coefficient (Wildman–Crippen LogP) is 6.22. The van der Waals surface area contributed by atoms with Crippen molar-refractivity contribution in [2.75, 3.05) is 0 Å². The summed E-state index contributed by atoms with van der Waals surface area (Å²) in [6, 6.07) is 11.5. The normalized spacial score (nSPS) is 11.3. The van der Waals surface area contributed by atoms with Crippen molar-refractivity contribution in [3.05, 3.63) is 69.9 Å². The Hall–Kier alpha value is -1.49. The summed E-state index contributed by atoms with van der Waals surface area (Å²) < 4.78 is 2.21. The first-order chi connectivity index (χ1) is 11.9. The van der Waals surface area contributed by atoms with Gasteiger partial charge in [0.2, 0.25) is 0 Å². The molecule has 2 aromatic heterocycles. The van der Waals surface area contributed by atoms with Crippen LogP contribution in [0.25, 0.3) is 0 Å². The smallest absolute Gasteiger partial charge is 0.107 e. The quantitative estimate of drug-likeness (QED) is 0.517. The third-order valence-electron chi connectivity index (χ3n) is 3.78. The van der Waals surface area contributed by atoms with Gasteiger partial charge in [0.1, 0.15) is 10.9 Å². The lowest BCUT2D eigenvalue weighted by Gasteiger charge is -2.12. The lowest BCUT2D eigenvalue weighted by molar-refractivity contribution is 0.676. The van der Waals surface area contributed by atoms with Crippen LogP contribution in [-0.2, 0) is 6.54 Å². The number of hydrogen-bond acceptors (Lipinski definition) is 3. The van der Waals surface area contributed by atoms with Gasteiger partial charge in [0, 0.05) is 21.1 Å². The molecule has 6 heteroatoms. The number of aromatic nitrogens is 3. The van der Waals surface area contributed by atoms with Crippen LogP contribution < -0.4 is 0 Å². The van der Waals surface area contributed by atoms with Crippen LogP contribution in [0.5, 0.6) is 0 Å². The Kier molecular flexibility index (Phi) is 5.72. The Labute approximate surface area is 162 Å². The van der Waals surface area contributed by atoms with Gasteiger partial charge >= 0.3 is 0 Å². The van der Waals surface area contributed by atoms with Crippen LogP contribution in [-0.4, -0.2) is 14.5 Å². The van der Waals surface area contributed by atoms with Gasteiger partial charge in [-0.3, -0.25) is 4.98 Å². The zero-order chi connectivity index (χ0) is 18.0. The topological polar surface area (TPSA) is 30.7 Å². The molecule has 0 saturated carbocycles. The number of hydrogen-bond donors (Lipinski definition) is 0. The van der Waals surface area contributed by atoms with Crippen LogP contribution in [0.15, 0.2) is 52.5 Å². The highest BCUT2D eigenvalue weighted by atomic mass is 35.5. The third-order valence-corrected chi connectivity index (χ3v) is 5.31. The molecule has 0 bridgehead atoms. The Bertz CT molecular complexity index is 856. The number of rotatable bonds is 5. The lowest BCUT2D eigenvalue weighted by Crippen LogP contribution is -2.05. The molecule has 0 aliphatic heterocycles. The van der Waals surface area contributed by atoms with Crippen molar-refractivity contribution in [1.29, 1.82) is 0 Å². The monoisotopic (exact) mass is 391 g/mol. The van der Waals surface area contributed by atoms with Gasteiger partial charge in [-0.15, -0.1) is 0 Å². The average Bonchev–Trinajstić information content (AvgIpc) is 2.84. The first-order valence-corrected chi connectivity index (χ1v) is 9.62. The molecule has 0 spiro atoms. The Balaban J connectivity index is 2.03. The molecule has 0 unspecified atom stereocenters. The van der Waals surface area contributed by atoms with Crippen molar-refractivity contribution in [1.82, 2.24) is 14.5 Å². The zero-order valence-electron chi connectivity index (χ0n) is 14.3. The Morgan fingerprint density at radius 1 is 1.12 bits per heavy atom. The van der Waals surface area contributed by atoms with Crippen molar-refractivity contribution in [3.63, 3.8) is 0 Å². The van der Waals surface area contributed by atoms with Gasteiger partial charge in [0.05, 0.1) is 17.9 Å². The summed E-state index contributed by atoms with van der Waals surface area (Å²) in [5.41, 5.74) is 2.08. The van der Waals surface area contributed by atoms with Gasteiger partial charge in [-0.2, -0.15) is 0 Å². The second-order valence-corrected chi connectivity index (χ2v) is 8.05. The van der Waals surface area contributed by atoms with Gasteiger partial charge in [-0.05, 0) is 43.2 Å². The summed E-state index contributed by atoms with van der Waals surface area (Å²) in [6.45, 7) is 7.02. The predicted molar refractivity (Wildman–Crippen MR) is 105 cm³/mol. The van der Waals surface area contributed by atoms with Crippen LogP contribution in [0.3, 0.4) is 0 Å². The summed E-state index contributed by atoms with van der Waals surface area (Å²) in [6.07, 6.45) is 1.81. The van der Waals surface area contributed by atoms with Crippen LogP contribution in [0.1, 0.15) is 37.0 Å². The second kappa shape index (κ2) is 7.81. The molecule has 1 aromatic carbocycles. The largest absolute Gasteiger partial charge is 0.317 e. The fourth-order valence-electron chi connectivity index (χ4n) is 2.59. The molecule has 130 valence electrons. The molecule has 3 nitrogen and oxygen atoms in total. The van der Waals surface area contributed by atoms with Crippen LogP contribution >= 0.6 is 35.0 Å². The first-order valence-electron chi connectivity index (χ1n) is 8.05. The molecule has 2 heterocycles. The molecule has 0 radical (unpaired) electrons. The number of nitrogens with zero attached hydrogens (tertiary/aromatic N) is 3. The maximum atomic E-state index is 6.16. The summed E-state index contributed by atoms with van der Waals surface area (Å²) >= 11 is 14.0. The van der Waals surface area contributed by atoms with Crippen molar-refractivity contribution in [2.24, 2.45) is 0 Å². The molecule has 0 amide bonds. The fourth-order valence-corrected chi connectivity index (χ4v) is 4.53. The minimum absolute atomic E-state index is 0.320. The standard InChI is InChI=1S/C19H19Cl2N3S/c1-12(2)18-19(25-17-9-14(20)8-15(21)10-17)24(13(3)23-18)11-16-6-4-5-7-22-16/h4-10,12H,11H2,1-3H3. The van der Waals surface area contributed by atoms with E-state index >= 15 is 0 Å². The minimum Gasteiger partial charge on any atom is -0.317 e. The van der Waals surface area contributed by atoms with Gasteiger partial charge < -0.3 is 4.57 Å². The molecule has 0 atom stereocenters. The van der Waals surface area contributed by atoms with Gasteiger partial charge in [-0.1, -0.05) is 54.9 Å². The van der Waals surface area contributed by atoms with Crippen molar-refractivity contribution < 1.29 is 0 Å². The van der Waals surface area contributed by atoms with E-state index in [1.54, 1.807) is 17.8 Å². The highest BCUT2D eigenvalue weighted by molar-refractivity contribution is 7.99. The molecular formula is C19H19Cl2N3S. The maximum absolute atomic E-state index is 6.16. The van der Waals surface area contributed by atoms with Crippen molar-refractivity contribution in [3.8, 4) is 0 Å². The summed E-state index contributed by atoms with van der Waals surface area (Å²) in [5, 5.41) is 2.37. The molecule has 0 aliphatic carbocycles. The van der Waals surface area contributed by atoms with Crippen molar-refractivity contribution in [2.45, 2.75) is 43.2 Å². The van der Waals surface area contributed by atoms with E-state index in [4.69, 9.17) is 28.2 Å². The maximum Gasteiger partial charge on any atom is 0.107 e. The average molecular weight is 392 g/mol. The van der Waals surface area contributed by atoms with Crippen molar-refractivity contribution >= 4 is 35.0 Å². The molecule has 3 rings (SSSR count). The van der Waals surface area contributed by atoms with E-state index in [-0.39, 0.29) is 0 Å². The Morgan fingerprint density at radius 2 is 1.84 bits per heavy atom. The number of imidazole rings is 1. The third kappa shape index (κ3) is 4.38. The highest BCUT2D eigenvalue weighted by Gasteiger charge is 2.19. The van der Waals surface area contributed by atoms with E-state index in [1.165, 1.54) is 0 Å². The summed E-state index contributed by atoms with van der Waals surface area (Å²) in [4.78, 5) is 10.2. The minimum atomic E-state index is 0.320. The van der Waals surface area contributed by atoms with E-state index in [1.807, 2.05) is 43.5 Å².